The van der Waals surface area contributed by atoms with Crippen LogP contribution in [-0.2, 0) is 6.54 Å². The third-order valence-corrected chi connectivity index (χ3v) is 4.27. The molecule has 5 nitrogen and oxygen atoms in total. The van der Waals surface area contributed by atoms with E-state index in [9.17, 15) is 10.1 Å². The van der Waals surface area contributed by atoms with Gasteiger partial charge in [0.2, 0.25) is 0 Å². The third kappa shape index (κ3) is 3.48. The lowest BCUT2D eigenvalue weighted by Crippen LogP contribution is -2.46. The summed E-state index contributed by atoms with van der Waals surface area (Å²) in [7, 11) is 0. The molecular formula is C14H20ClN3O2. The highest BCUT2D eigenvalue weighted by atomic mass is 35.5. The Morgan fingerprint density at radius 2 is 2.30 bits per heavy atom. The van der Waals surface area contributed by atoms with Crippen LogP contribution in [0.2, 0.25) is 5.02 Å². The summed E-state index contributed by atoms with van der Waals surface area (Å²) in [5.41, 5.74) is 6.90. The lowest BCUT2D eigenvalue weighted by molar-refractivity contribution is -0.385. The molecular weight excluding hydrogens is 278 g/mol. The Hall–Kier alpha value is -1.17. The van der Waals surface area contributed by atoms with Crippen molar-refractivity contribution in [3.63, 3.8) is 0 Å². The summed E-state index contributed by atoms with van der Waals surface area (Å²) in [4.78, 5) is 13.0. The van der Waals surface area contributed by atoms with Crippen LogP contribution < -0.4 is 5.73 Å². The smallest absolute Gasteiger partial charge is 0.273 e. The average molecular weight is 298 g/mol. The molecule has 0 radical (unpaired) electrons. The van der Waals surface area contributed by atoms with Crippen molar-refractivity contribution in [2.75, 3.05) is 13.1 Å². The van der Waals surface area contributed by atoms with Crippen molar-refractivity contribution >= 4 is 17.3 Å². The first-order valence-corrected chi connectivity index (χ1v) is 7.29. The topological polar surface area (TPSA) is 72.4 Å². The molecule has 0 aromatic heterocycles. The van der Waals surface area contributed by atoms with Gasteiger partial charge in [-0.3, -0.25) is 15.0 Å². The predicted octanol–water partition coefficient (Wildman–Crippen LogP) is 2.81. The summed E-state index contributed by atoms with van der Waals surface area (Å²) in [5.74, 6) is 0.460. The number of nitro groups is 1. The molecule has 0 bridgehead atoms. The SMILES string of the molecule is CCC1CN(Cc2cc(Cl)ccc2[N+](=O)[O-])CCC1N. The summed E-state index contributed by atoms with van der Waals surface area (Å²) in [5, 5.41) is 11.6. The minimum Gasteiger partial charge on any atom is -0.327 e. The molecule has 2 N–H and O–H groups in total. The van der Waals surface area contributed by atoms with Crippen LogP contribution in [0.4, 0.5) is 5.69 Å². The average Bonchev–Trinajstić information content (AvgIpc) is 2.40. The molecule has 20 heavy (non-hydrogen) atoms. The molecule has 2 unspecified atom stereocenters. The normalized spacial score (nSPS) is 23.8. The van der Waals surface area contributed by atoms with E-state index in [0.717, 1.165) is 25.9 Å². The molecule has 1 aromatic rings. The summed E-state index contributed by atoms with van der Waals surface area (Å²) in [6.07, 6.45) is 1.97. The first-order valence-electron chi connectivity index (χ1n) is 6.92. The van der Waals surface area contributed by atoms with Crippen molar-refractivity contribution in [1.29, 1.82) is 0 Å². The van der Waals surface area contributed by atoms with E-state index in [1.165, 1.54) is 6.07 Å². The number of nitro benzene ring substituents is 1. The van der Waals surface area contributed by atoms with E-state index in [0.29, 0.717) is 23.0 Å². The van der Waals surface area contributed by atoms with Crippen molar-refractivity contribution in [1.82, 2.24) is 4.90 Å². The summed E-state index contributed by atoms with van der Waals surface area (Å²) in [6.45, 7) is 4.46. The molecule has 0 saturated carbocycles. The number of rotatable bonds is 4. The first kappa shape index (κ1) is 15.2. The highest BCUT2D eigenvalue weighted by Crippen LogP contribution is 2.26. The Balaban J connectivity index is 2.13. The van der Waals surface area contributed by atoms with Gasteiger partial charge in [0.15, 0.2) is 0 Å². The standard InChI is InChI=1S/C14H20ClN3O2/c1-2-10-8-17(6-5-13(10)16)9-11-7-12(15)3-4-14(11)18(19)20/h3-4,7,10,13H,2,5-6,8-9,16H2,1H3. The van der Waals surface area contributed by atoms with E-state index in [-0.39, 0.29) is 16.7 Å². The van der Waals surface area contributed by atoms with Gasteiger partial charge in [-0.2, -0.15) is 0 Å². The number of nitrogens with two attached hydrogens (primary N) is 1. The summed E-state index contributed by atoms with van der Waals surface area (Å²) >= 11 is 5.96. The fourth-order valence-electron chi connectivity index (χ4n) is 2.80. The molecule has 1 aromatic carbocycles. The lowest BCUT2D eigenvalue weighted by Gasteiger charge is -2.36. The molecule has 2 rings (SSSR count). The maximum atomic E-state index is 11.1. The van der Waals surface area contributed by atoms with Crippen LogP contribution in [0.15, 0.2) is 18.2 Å². The highest BCUT2D eigenvalue weighted by molar-refractivity contribution is 6.30. The van der Waals surface area contributed by atoms with Gasteiger partial charge < -0.3 is 5.73 Å². The van der Waals surface area contributed by atoms with Crippen molar-refractivity contribution in [3.05, 3.63) is 38.9 Å². The fourth-order valence-corrected chi connectivity index (χ4v) is 3.00. The molecule has 0 spiro atoms. The monoisotopic (exact) mass is 297 g/mol. The maximum absolute atomic E-state index is 11.1. The van der Waals surface area contributed by atoms with Crippen LogP contribution in [0.5, 0.6) is 0 Å². The van der Waals surface area contributed by atoms with Gasteiger partial charge in [-0.1, -0.05) is 24.9 Å². The first-order chi connectivity index (χ1) is 9.51. The molecule has 1 aliphatic heterocycles. The van der Waals surface area contributed by atoms with Gasteiger partial charge in [0.25, 0.3) is 5.69 Å². The molecule has 2 atom stereocenters. The van der Waals surface area contributed by atoms with Crippen LogP contribution in [0.3, 0.4) is 0 Å². The van der Waals surface area contributed by atoms with Crippen LogP contribution in [0.25, 0.3) is 0 Å². The zero-order valence-corrected chi connectivity index (χ0v) is 12.3. The summed E-state index contributed by atoms with van der Waals surface area (Å²) in [6, 6.07) is 4.97. The molecule has 1 heterocycles. The zero-order valence-electron chi connectivity index (χ0n) is 11.6. The molecule has 6 heteroatoms. The summed E-state index contributed by atoms with van der Waals surface area (Å²) < 4.78 is 0. The second-order valence-electron chi connectivity index (χ2n) is 5.39. The van der Waals surface area contributed by atoms with Gasteiger partial charge in [0, 0.05) is 35.8 Å². The van der Waals surface area contributed by atoms with Crippen LogP contribution in [-0.4, -0.2) is 29.0 Å². The Bertz CT molecular complexity index is 495. The van der Waals surface area contributed by atoms with Crippen molar-refractivity contribution in [2.45, 2.75) is 32.4 Å². The minimum atomic E-state index is -0.349. The maximum Gasteiger partial charge on any atom is 0.273 e. The van der Waals surface area contributed by atoms with E-state index in [4.69, 9.17) is 17.3 Å². The number of benzene rings is 1. The second kappa shape index (κ2) is 6.52. The molecule has 1 saturated heterocycles. The molecule has 0 aliphatic carbocycles. The van der Waals surface area contributed by atoms with Gasteiger partial charge in [0.1, 0.15) is 0 Å². The second-order valence-corrected chi connectivity index (χ2v) is 5.82. The van der Waals surface area contributed by atoms with E-state index < -0.39 is 0 Å². The van der Waals surface area contributed by atoms with Crippen LogP contribution in [0.1, 0.15) is 25.3 Å². The number of hydrogen-bond donors (Lipinski definition) is 1. The zero-order chi connectivity index (χ0) is 14.7. The van der Waals surface area contributed by atoms with Crippen LogP contribution in [0, 0.1) is 16.0 Å². The molecule has 0 amide bonds. The van der Waals surface area contributed by atoms with Gasteiger partial charge >= 0.3 is 0 Å². The van der Waals surface area contributed by atoms with E-state index in [1.807, 2.05) is 0 Å². The van der Waals surface area contributed by atoms with Crippen molar-refractivity contribution < 1.29 is 4.92 Å². The predicted molar refractivity (Wildman–Crippen MR) is 79.8 cm³/mol. The lowest BCUT2D eigenvalue weighted by atomic mass is 9.90. The Kier molecular flexibility index (Phi) is 4.96. The van der Waals surface area contributed by atoms with Gasteiger partial charge in [-0.15, -0.1) is 0 Å². The van der Waals surface area contributed by atoms with Crippen molar-refractivity contribution in [3.8, 4) is 0 Å². The van der Waals surface area contributed by atoms with Gasteiger partial charge in [0.05, 0.1) is 4.92 Å². The number of halogens is 1. The number of nitrogens with zero attached hydrogens (tertiary/aromatic N) is 2. The van der Waals surface area contributed by atoms with Gasteiger partial charge in [-0.05, 0) is 31.0 Å². The molecule has 1 aliphatic rings. The number of hydrogen-bond acceptors (Lipinski definition) is 4. The quantitative estimate of drug-likeness (QED) is 0.685. The Labute approximate surface area is 123 Å². The Morgan fingerprint density at radius 1 is 1.55 bits per heavy atom. The molecule has 1 fully saturated rings. The highest BCUT2D eigenvalue weighted by Gasteiger charge is 2.26. The van der Waals surface area contributed by atoms with E-state index in [1.54, 1.807) is 12.1 Å². The van der Waals surface area contributed by atoms with Gasteiger partial charge in [-0.25, -0.2) is 0 Å². The molecule has 110 valence electrons. The van der Waals surface area contributed by atoms with Crippen LogP contribution >= 0.6 is 11.6 Å². The van der Waals surface area contributed by atoms with Crippen molar-refractivity contribution in [2.24, 2.45) is 11.7 Å². The van der Waals surface area contributed by atoms with E-state index >= 15 is 0 Å². The Morgan fingerprint density at radius 3 is 2.95 bits per heavy atom. The number of piperidine rings is 1. The fraction of sp³-hybridized carbons (Fsp3) is 0.571. The minimum absolute atomic E-state index is 0.136. The third-order valence-electron chi connectivity index (χ3n) is 4.03. The largest absolute Gasteiger partial charge is 0.327 e. The van der Waals surface area contributed by atoms with E-state index in [2.05, 4.69) is 11.8 Å². The number of likely N-dealkylation sites (tertiary alicyclic amines) is 1.